The Hall–Kier alpha value is -4.08. The molecule has 0 fully saturated rings. The lowest BCUT2D eigenvalue weighted by molar-refractivity contribution is -0.138. The molecule has 0 heterocycles. The number of ether oxygens (including phenoxy) is 4. The standard InChI is InChI=1S/2C3H7NO.3C3H6O2.C3H6O.C2H5N.C2H4O2.C2H4O.C2H4S.4C2H6.9CH4/c2*1-3(5)4-2;3*1-3(4)5-2;1-3(2)4;1-2-3;1-4-2-3;2*1-2-3;4*1-2;;;;;;;;;/h2*1-2H3,(H,4,5);3*1-2H3;1-2H3;2-3H,1H3;2H,1H3;2*2H,1H3;4*1-2H3;9*1H4. The van der Waals surface area contributed by atoms with Gasteiger partial charge in [0.25, 0.3) is 6.47 Å². The number of carbonyl (C=O) groups excluding carboxylic acids is 8. The van der Waals surface area contributed by atoms with Gasteiger partial charge in [-0.3, -0.25) is 28.8 Å². The van der Waals surface area contributed by atoms with Gasteiger partial charge in [-0.2, -0.15) is 0 Å². The molecule has 3 N–H and O–H groups in total. The number of methoxy groups -OCH3 is 4. The number of hydrogen-bond acceptors (Lipinski definition) is 14. The molecule has 0 aliphatic carbocycles. The molecule has 0 saturated heterocycles. The van der Waals surface area contributed by atoms with E-state index in [0.717, 1.165) is 6.29 Å². The van der Waals surface area contributed by atoms with E-state index in [4.69, 9.17) is 15.0 Å². The quantitative estimate of drug-likeness (QED) is 0.0733. The van der Waals surface area contributed by atoms with E-state index in [1.54, 1.807) is 26.4 Å². The van der Waals surface area contributed by atoms with E-state index in [2.05, 4.69) is 41.8 Å². The van der Waals surface area contributed by atoms with Gasteiger partial charge < -0.3 is 44.6 Å². The summed E-state index contributed by atoms with van der Waals surface area (Å²) in [6.45, 7) is 31.4. The topological polar surface area (TPSA) is 221 Å². The van der Waals surface area contributed by atoms with Crippen LogP contribution in [0.3, 0.4) is 0 Å². The van der Waals surface area contributed by atoms with Crippen molar-refractivity contribution in [3.63, 3.8) is 0 Å². The van der Waals surface area contributed by atoms with Gasteiger partial charge >= 0.3 is 17.9 Å². The molecular formula is C43H115N3O12S. The number of nitrogens with one attached hydrogen (secondary N) is 3. The lowest BCUT2D eigenvalue weighted by atomic mass is 10.6. The predicted molar refractivity (Wildman–Crippen MR) is 273 cm³/mol. The molecule has 16 heteroatoms. The van der Waals surface area contributed by atoms with Crippen LogP contribution < -0.4 is 10.6 Å². The number of hydrogen-bond donors (Lipinski definition) is 3. The molecule has 0 bridgehead atoms. The van der Waals surface area contributed by atoms with E-state index in [-0.39, 0.29) is 102 Å². The SMILES string of the molecule is C.C.C.C.C.C.C.C.C.CC.CC.CC.CC.CC(C)=O.CC=N.CC=O.CC=S.CNC(C)=O.CNC(C)=O.COC(C)=O.COC(C)=O.COC(C)=O.COC=O. The number of amides is 2. The van der Waals surface area contributed by atoms with Gasteiger partial charge in [0.1, 0.15) is 12.1 Å². The Kier molecular flexibility index (Phi) is 701. The van der Waals surface area contributed by atoms with Crippen molar-refractivity contribution in [3.05, 3.63) is 0 Å². The molecule has 0 atom stereocenters. The molecule has 0 radical (unpaired) electrons. The van der Waals surface area contributed by atoms with Gasteiger partial charge in [0.05, 0.1) is 28.4 Å². The highest BCUT2D eigenvalue weighted by molar-refractivity contribution is 7.78. The third kappa shape index (κ3) is 3040. The van der Waals surface area contributed by atoms with E-state index in [1.807, 2.05) is 62.3 Å². The Morgan fingerprint density at radius 3 is 0.525 bits per heavy atom. The van der Waals surface area contributed by atoms with Crippen molar-refractivity contribution >= 4 is 72.1 Å². The summed E-state index contributed by atoms with van der Waals surface area (Å²) in [6.07, 6.45) is 2.00. The van der Waals surface area contributed by atoms with Crippen LogP contribution >= 0.6 is 12.2 Å². The summed E-state index contributed by atoms with van der Waals surface area (Å²) in [7, 11) is 8.56. The van der Waals surface area contributed by atoms with Crippen LogP contribution in [-0.2, 0) is 57.3 Å². The highest BCUT2D eigenvalue weighted by Gasteiger charge is 1.77. The summed E-state index contributed by atoms with van der Waals surface area (Å²) in [5.41, 5.74) is 0. The lowest BCUT2D eigenvalue weighted by Crippen LogP contribution is -2.11. The van der Waals surface area contributed by atoms with Crippen LogP contribution in [0, 0.1) is 5.41 Å². The largest absolute Gasteiger partial charge is 0.471 e. The number of rotatable bonds is 1. The second-order valence-electron chi connectivity index (χ2n) is 5.70. The van der Waals surface area contributed by atoms with Gasteiger partial charge in [-0.15, -0.1) is 0 Å². The molecule has 0 aromatic rings. The van der Waals surface area contributed by atoms with Crippen molar-refractivity contribution in [2.45, 2.75) is 191 Å². The number of thiocarbonyl (C=S) groups is 1. The van der Waals surface area contributed by atoms with Crippen LogP contribution in [0.25, 0.3) is 0 Å². The first-order chi connectivity index (χ1) is 23.2. The highest BCUT2D eigenvalue weighted by atomic mass is 32.1. The minimum absolute atomic E-state index is 0. The second-order valence-corrected chi connectivity index (χ2v) is 6.17. The van der Waals surface area contributed by atoms with Gasteiger partial charge in [0.15, 0.2) is 0 Å². The lowest BCUT2D eigenvalue weighted by Gasteiger charge is -1.80. The third-order valence-corrected chi connectivity index (χ3v) is 1.66. The summed E-state index contributed by atoms with van der Waals surface area (Å²) < 4.78 is 16.2. The first kappa shape index (κ1) is 157. The molecule has 0 unspecified atom stereocenters. The summed E-state index contributed by atoms with van der Waals surface area (Å²) in [5.74, 6) is -0.560. The molecule has 0 rings (SSSR count). The van der Waals surface area contributed by atoms with Crippen molar-refractivity contribution in [3.8, 4) is 0 Å². The predicted octanol–water partition coefficient (Wildman–Crippen LogP) is 12.1. The van der Waals surface area contributed by atoms with Gasteiger partial charge in [-0.05, 0) is 46.2 Å². The van der Waals surface area contributed by atoms with E-state index < -0.39 is 0 Å². The molecule has 380 valence electrons. The fourth-order valence-corrected chi connectivity index (χ4v) is 0. The van der Waals surface area contributed by atoms with Gasteiger partial charge in [-0.25, -0.2) is 0 Å². The third-order valence-electron chi connectivity index (χ3n) is 1.66. The molecule has 59 heavy (non-hydrogen) atoms. The molecule has 0 aromatic heterocycles. The molecule has 15 nitrogen and oxygen atoms in total. The monoisotopic (exact) mass is 898 g/mol. The number of carbonyl (C=O) groups is 8. The van der Waals surface area contributed by atoms with E-state index in [1.165, 1.54) is 90.0 Å². The Balaban J connectivity index is -0.0000000113. The van der Waals surface area contributed by atoms with Crippen LogP contribution in [0.4, 0.5) is 0 Å². The summed E-state index contributed by atoms with van der Waals surface area (Å²) in [5, 5.41) is 12.4. The Morgan fingerprint density at radius 1 is 0.475 bits per heavy atom. The zero-order valence-corrected chi connectivity index (χ0v) is 36.9. The Bertz CT molecular complexity index is 556. The van der Waals surface area contributed by atoms with Crippen LogP contribution in [0.2, 0.25) is 0 Å². The summed E-state index contributed by atoms with van der Waals surface area (Å²) >= 11 is 4.27. The zero-order valence-electron chi connectivity index (χ0n) is 36.1. The number of Topliss-reactive ketones (excluding diaryl/α,β-unsaturated/α-hetero) is 1. The Morgan fingerprint density at radius 2 is 0.525 bits per heavy atom. The minimum Gasteiger partial charge on any atom is -0.471 e. The Labute approximate surface area is 378 Å². The minimum atomic E-state index is -0.245. The van der Waals surface area contributed by atoms with E-state index >= 15 is 0 Å². The van der Waals surface area contributed by atoms with Gasteiger partial charge in [0, 0.05) is 48.7 Å². The average Bonchev–Trinajstić information content (AvgIpc) is 3.10. The molecule has 0 spiro atoms. The smallest absolute Gasteiger partial charge is 0.302 e. The molecule has 0 aliphatic heterocycles. The van der Waals surface area contributed by atoms with E-state index in [0.29, 0.717) is 6.47 Å². The normalized spacial score (nSPS) is 4.75. The molecular weight excluding hydrogens is 783 g/mol. The molecule has 0 aromatic carbocycles. The van der Waals surface area contributed by atoms with Crippen molar-refractivity contribution in [2.75, 3.05) is 42.5 Å². The first-order valence-electron chi connectivity index (χ1n) is 15.4. The fraction of sp³-hybridized carbons (Fsp3) is 0.767. The summed E-state index contributed by atoms with van der Waals surface area (Å²) in [4.78, 5) is 75.4. The van der Waals surface area contributed by atoms with Crippen molar-refractivity contribution < 1.29 is 57.3 Å². The van der Waals surface area contributed by atoms with Gasteiger partial charge in [0.2, 0.25) is 11.8 Å². The second kappa shape index (κ2) is 264. The number of ketones is 1. The van der Waals surface area contributed by atoms with Crippen LogP contribution in [0.1, 0.15) is 191 Å². The number of esters is 3. The fourth-order valence-electron chi connectivity index (χ4n) is 0. The summed E-state index contributed by atoms with van der Waals surface area (Å²) in [6, 6.07) is 0. The van der Waals surface area contributed by atoms with E-state index in [9.17, 15) is 28.8 Å². The van der Waals surface area contributed by atoms with Crippen molar-refractivity contribution in [2.24, 2.45) is 0 Å². The van der Waals surface area contributed by atoms with Crippen LogP contribution in [0.15, 0.2) is 0 Å². The van der Waals surface area contributed by atoms with Gasteiger partial charge in [-0.1, -0.05) is 134 Å². The maximum atomic E-state index is 9.70. The average molecular weight is 898 g/mol. The van der Waals surface area contributed by atoms with Crippen LogP contribution in [-0.4, -0.2) is 102 Å². The zero-order chi connectivity index (χ0) is 44.5. The van der Waals surface area contributed by atoms with Crippen molar-refractivity contribution in [1.82, 2.24) is 10.6 Å². The number of aldehydes is 1. The maximum absolute atomic E-state index is 9.70. The molecule has 2 amide bonds. The molecule has 0 saturated carbocycles. The maximum Gasteiger partial charge on any atom is 0.302 e. The van der Waals surface area contributed by atoms with Crippen molar-refractivity contribution in [1.29, 1.82) is 5.41 Å². The van der Waals surface area contributed by atoms with Crippen LogP contribution in [0.5, 0.6) is 0 Å². The highest BCUT2D eigenvalue weighted by Crippen LogP contribution is 1.61. The first-order valence-corrected chi connectivity index (χ1v) is 15.9. The molecule has 0 aliphatic rings.